The molecule has 0 aliphatic rings. The molecule has 0 amide bonds. The lowest BCUT2D eigenvalue weighted by Crippen LogP contribution is -2.35. The van der Waals surface area contributed by atoms with Crippen molar-refractivity contribution in [1.82, 2.24) is 4.98 Å². The molecule has 34 heavy (non-hydrogen) atoms. The number of nitrogens with one attached hydrogen (secondary N) is 3. The Labute approximate surface area is 191 Å². The SMILES string of the molecule is O=c1c(Nc2ccc(C(F)(F)F)cc2)c(Nc2c[nH]c3ccc(Cc4ccccc4)cc23)c1=O. The van der Waals surface area contributed by atoms with E-state index in [1.807, 2.05) is 48.5 Å². The third kappa shape index (κ3) is 4.05. The topological polar surface area (TPSA) is 74.0 Å². The molecule has 5 nitrogen and oxygen atoms in total. The van der Waals surface area contributed by atoms with Gasteiger partial charge in [-0.3, -0.25) is 9.59 Å². The van der Waals surface area contributed by atoms with Crippen molar-refractivity contribution in [3.63, 3.8) is 0 Å². The van der Waals surface area contributed by atoms with E-state index in [0.717, 1.165) is 40.6 Å². The smallest absolute Gasteiger partial charge is 0.359 e. The molecule has 5 rings (SSSR count). The molecule has 0 aliphatic heterocycles. The van der Waals surface area contributed by atoms with E-state index in [4.69, 9.17) is 0 Å². The largest absolute Gasteiger partial charge is 0.416 e. The molecule has 0 aliphatic carbocycles. The number of hydrogen-bond acceptors (Lipinski definition) is 4. The third-order valence-corrected chi connectivity index (χ3v) is 5.65. The number of benzene rings is 3. The first kappa shape index (κ1) is 21.5. The highest BCUT2D eigenvalue weighted by Gasteiger charge is 2.30. The molecule has 8 heteroatoms. The molecule has 0 bridgehead atoms. The fourth-order valence-corrected chi connectivity index (χ4v) is 3.86. The van der Waals surface area contributed by atoms with Gasteiger partial charge >= 0.3 is 6.18 Å². The van der Waals surface area contributed by atoms with Crippen LogP contribution in [0.5, 0.6) is 0 Å². The Morgan fingerprint density at radius 3 is 2.12 bits per heavy atom. The monoisotopic (exact) mass is 461 g/mol. The summed E-state index contributed by atoms with van der Waals surface area (Å²) in [6, 6.07) is 20.2. The number of fused-ring (bicyclic) bond motifs is 1. The molecule has 0 saturated carbocycles. The first-order chi connectivity index (χ1) is 16.3. The molecule has 0 spiro atoms. The van der Waals surface area contributed by atoms with Crippen LogP contribution in [0, 0.1) is 0 Å². The van der Waals surface area contributed by atoms with E-state index in [2.05, 4.69) is 15.6 Å². The normalized spacial score (nSPS) is 11.7. The lowest BCUT2D eigenvalue weighted by molar-refractivity contribution is -0.137. The van der Waals surface area contributed by atoms with Crippen LogP contribution in [0.4, 0.5) is 35.9 Å². The summed E-state index contributed by atoms with van der Waals surface area (Å²) in [6.07, 6.45) is -2.01. The van der Waals surface area contributed by atoms with Gasteiger partial charge in [0.1, 0.15) is 11.4 Å². The molecule has 170 valence electrons. The molecular formula is C26H18F3N3O2. The molecular weight excluding hydrogens is 443 g/mol. The minimum absolute atomic E-state index is 0.0135. The Hall–Kier alpha value is -4.33. The maximum atomic E-state index is 12.8. The van der Waals surface area contributed by atoms with Crippen LogP contribution in [0.25, 0.3) is 10.9 Å². The summed E-state index contributed by atoms with van der Waals surface area (Å²) in [5, 5.41) is 6.62. The molecule has 0 atom stereocenters. The Morgan fingerprint density at radius 1 is 0.765 bits per heavy atom. The molecule has 0 fully saturated rings. The fraction of sp³-hybridized carbons (Fsp3) is 0.0769. The molecule has 1 heterocycles. The van der Waals surface area contributed by atoms with Crippen LogP contribution in [0.3, 0.4) is 0 Å². The Bertz CT molecular complexity index is 1550. The number of hydrogen-bond donors (Lipinski definition) is 3. The third-order valence-electron chi connectivity index (χ3n) is 5.65. The van der Waals surface area contributed by atoms with E-state index in [0.29, 0.717) is 5.69 Å². The van der Waals surface area contributed by atoms with Crippen molar-refractivity contribution >= 4 is 33.7 Å². The predicted molar refractivity (Wildman–Crippen MR) is 127 cm³/mol. The lowest BCUT2D eigenvalue weighted by Gasteiger charge is -2.15. The first-order valence-electron chi connectivity index (χ1n) is 10.5. The zero-order chi connectivity index (χ0) is 23.9. The molecule has 4 aromatic carbocycles. The Morgan fingerprint density at radius 2 is 1.44 bits per heavy atom. The van der Waals surface area contributed by atoms with Gasteiger partial charge in [0.05, 0.1) is 11.3 Å². The highest BCUT2D eigenvalue weighted by atomic mass is 19.4. The van der Waals surface area contributed by atoms with Crippen LogP contribution in [0.1, 0.15) is 16.7 Å². The second kappa shape index (κ2) is 8.22. The minimum atomic E-state index is -4.46. The highest BCUT2D eigenvalue weighted by Crippen LogP contribution is 2.32. The van der Waals surface area contributed by atoms with Crippen LogP contribution in [-0.2, 0) is 12.6 Å². The van der Waals surface area contributed by atoms with Gasteiger partial charge in [0.2, 0.25) is 0 Å². The van der Waals surface area contributed by atoms with E-state index in [1.165, 1.54) is 12.1 Å². The van der Waals surface area contributed by atoms with E-state index < -0.39 is 22.6 Å². The van der Waals surface area contributed by atoms with E-state index >= 15 is 0 Å². The zero-order valence-electron chi connectivity index (χ0n) is 17.7. The summed E-state index contributed by atoms with van der Waals surface area (Å²) in [4.78, 5) is 27.5. The number of aromatic amines is 1. The first-order valence-corrected chi connectivity index (χ1v) is 10.5. The number of aromatic nitrogens is 1. The van der Waals surface area contributed by atoms with Gasteiger partial charge < -0.3 is 15.6 Å². The van der Waals surface area contributed by atoms with Crippen molar-refractivity contribution in [1.29, 1.82) is 0 Å². The summed E-state index contributed by atoms with van der Waals surface area (Å²) in [6.45, 7) is 0. The van der Waals surface area contributed by atoms with Crippen molar-refractivity contribution < 1.29 is 13.2 Å². The van der Waals surface area contributed by atoms with Gasteiger partial charge in [-0.05, 0) is 53.9 Å². The number of halogens is 3. The molecule has 3 N–H and O–H groups in total. The molecule has 0 saturated heterocycles. The maximum absolute atomic E-state index is 12.8. The van der Waals surface area contributed by atoms with Crippen molar-refractivity contribution in [2.45, 2.75) is 12.6 Å². The maximum Gasteiger partial charge on any atom is 0.416 e. The molecule has 0 radical (unpaired) electrons. The highest BCUT2D eigenvalue weighted by molar-refractivity contribution is 5.96. The number of rotatable bonds is 6. The Kier molecular flexibility index (Phi) is 5.20. The van der Waals surface area contributed by atoms with E-state index in [9.17, 15) is 22.8 Å². The lowest BCUT2D eigenvalue weighted by atomic mass is 10.0. The van der Waals surface area contributed by atoms with E-state index in [-0.39, 0.29) is 17.1 Å². The number of anilines is 4. The van der Waals surface area contributed by atoms with Gasteiger partial charge in [-0.15, -0.1) is 0 Å². The van der Waals surface area contributed by atoms with Gasteiger partial charge in [0.25, 0.3) is 10.9 Å². The quantitative estimate of drug-likeness (QED) is 0.277. The van der Waals surface area contributed by atoms with Gasteiger partial charge in [-0.25, -0.2) is 0 Å². The second-order valence-electron chi connectivity index (χ2n) is 7.98. The molecule has 5 aromatic rings. The van der Waals surface area contributed by atoms with Crippen LogP contribution in [0.2, 0.25) is 0 Å². The van der Waals surface area contributed by atoms with Crippen molar-refractivity contribution in [2.75, 3.05) is 10.6 Å². The molecule has 1 aromatic heterocycles. The average Bonchev–Trinajstić information content (AvgIpc) is 3.23. The molecule has 0 unspecified atom stereocenters. The summed E-state index contributed by atoms with van der Waals surface area (Å²) < 4.78 is 38.3. The van der Waals surface area contributed by atoms with Gasteiger partial charge in [-0.2, -0.15) is 13.2 Å². The average molecular weight is 461 g/mol. The van der Waals surface area contributed by atoms with Gasteiger partial charge in [0.15, 0.2) is 0 Å². The van der Waals surface area contributed by atoms with Crippen LogP contribution in [0.15, 0.2) is 88.6 Å². The summed E-state index contributed by atoms with van der Waals surface area (Å²) in [7, 11) is 0. The number of H-pyrrole nitrogens is 1. The standard InChI is InChI=1S/C26H18F3N3O2/c27-26(28,29)17-7-9-18(10-8-17)31-22-23(25(34)24(22)33)32-21-14-30-20-11-6-16(13-19(20)21)12-15-4-2-1-3-5-15/h1-11,13-14,30-32H,12H2. The minimum Gasteiger partial charge on any atom is -0.359 e. The van der Waals surface area contributed by atoms with Crippen molar-refractivity contribution in [2.24, 2.45) is 0 Å². The van der Waals surface area contributed by atoms with Gasteiger partial charge in [-0.1, -0.05) is 36.4 Å². The van der Waals surface area contributed by atoms with Crippen molar-refractivity contribution in [3.05, 3.63) is 116 Å². The summed E-state index contributed by atoms with van der Waals surface area (Å²) >= 11 is 0. The summed E-state index contributed by atoms with van der Waals surface area (Å²) in [5.74, 6) is 0. The van der Waals surface area contributed by atoms with Crippen LogP contribution in [-0.4, -0.2) is 4.98 Å². The van der Waals surface area contributed by atoms with E-state index in [1.54, 1.807) is 6.20 Å². The number of alkyl halides is 3. The Balaban J connectivity index is 1.40. The van der Waals surface area contributed by atoms with Crippen molar-refractivity contribution in [3.8, 4) is 0 Å². The second-order valence-corrected chi connectivity index (χ2v) is 7.98. The summed E-state index contributed by atoms with van der Waals surface area (Å²) in [5.41, 5.74) is 1.85. The van der Waals surface area contributed by atoms with Crippen LogP contribution >= 0.6 is 0 Å². The van der Waals surface area contributed by atoms with Crippen LogP contribution < -0.4 is 21.5 Å². The van der Waals surface area contributed by atoms with Gasteiger partial charge in [0, 0.05) is 22.8 Å². The zero-order valence-corrected chi connectivity index (χ0v) is 17.7. The fourth-order valence-electron chi connectivity index (χ4n) is 3.86. The predicted octanol–water partition coefficient (Wildman–Crippen LogP) is 5.86.